The van der Waals surface area contributed by atoms with Gasteiger partial charge in [0.25, 0.3) is 0 Å². The van der Waals surface area contributed by atoms with Crippen molar-refractivity contribution in [3.05, 3.63) is 53.3 Å². The van der Waals surface area contributed by atoms with Crippen molar-refractivity contribution in [2.75, 3.05) is 11.1 Å². The van der Waals surface area contributed by atoms with Crippen molar-refractivity contribution < 1.29 is 0 Å². The van der Waals surface area contributed by atoms with Gasteiger partial charge in [-0.05, 0) is 11.6 Å². The fourth-order valence-electron chi connectivity index (χ4n) is 2.02. The van der Waals surface area contributed by atoms with E-state index in [1.807, 2.05) is 30.3 Å². The molecule has 6 heteroatoms. The number of pyridine rings is 1. The number of hydrogen-bond donors (Lipinski definition) is 2. The van der Waals surface area contributed by atoms with Gasteiger partial charge in [-0.25, -0.2) is 4.98 Å². The van der Waals surface area contributed by atoms with Gasteiger partial charge in [0.05, 0.1) is 5.52 Å². The summed E-state index contributed by atoms with van der Waals surface area (Å²) in [5, 5.41) is 4.60. The predicted molar refractivity (Wildman–Crippen MR) is 80.5 cm³/mol. The van der Waals surface area contributed by atoms with E-state index < -0.39 is 0 Å². The zero-order valence-corrected chi connectivity index (χ0v) is 11.3. The number of aromatic nitrogens is 3. The molecule has 0 atom stereocenters. The molecule has 0 unspecified atom stereocenters. The number of nitrogen functional groups attached to an aromatic ring is 1. The first kappa shape index (κ1) is 12.6. The highest BCUT2D eigenvalue weighted by Crippen LogP contribution is 2.18. The first-order valence-electron chi connectivity index (χ1n) is 6.09. The van der Waals surface area contributed by atoms with E-state index in [1.165, 1.54) is 0 Å². The summed E-state index contributed by atoms with van der Waals surface area (Å²) in [4.78, 5) is 12.3. The Morgan fingerprint density at radius 1 is 1.15 bits per heavy atom. The molecule has 0 aliphatic rings. The van der Waals surface area contributed by atoms with E-state index >= 15 is 0 Å². The minimum atomic E-state index is 0.149. The minimum Gasteiger partial charge on any atom is -0.368 e. The van der Waals surface area contributed by atoms with Crippen molar-refractivity contribution in [2.24, 2.45) is 0 Å². The molecule has 0 aliphatic heterocycles. The standard InChI is InChI=1S/C14H12ClN5/c15-11-7-12(20-14(16)19-11)18-8-10-4-1-3-9-5-2-6-17-13(9)10/h1-7H,8H2,(H3,16,18,19,20). The lowest BCUT2D eigenvalue weighted by Crippen LogP contribution is -2.05. The molecule has 3 aromatic rings. The Balaban J connectivity index is 1.87. The Morgan fingerprint density at radius 3 is 2.85 bits per heavy atom. The number of anilines is 2. The molecule has 0 aliphatic carbocycles. The van der Waals surface area contributed by atoms with Gasteiger partial charge in [0.2, 0.25) is 5.95 Å². The smallest absolute Gasteiger partial charge is 0.223 e. The molecular weight excluding hydrogens is 274 g/mol. The molecule has 0 bridgehead atoms. The third-order valence-corrected chi connectivity index (χ3v) is 3.08. The van der Waals surface area contributed by atoms with E-state index in [4.69, 9.17) is 17.3 Å². The van der Waals surface area contributed by atoms with Gasteiger partial charge in [-0.15, -0.1) is 0 Å². The molecule has 2 heterocycles. The Hall–Kier alpha value is -2.40. The second kappa shape index (κ2) is 5.30. The lowest BCUT2D eigenvalue weighted by Gasteiger charge is -2.08. The van der Waals surface area contributed by atoms with Crippen molar-refractivity contribution in [2.45, 2.75) is 6.54 Å². The monoisotopic (exact) mass is 285 g/mol. The van der Waals surface area contributed by atoms with Crippen molar-refractivity contribution in [1.29, 1.82) is 0 Å². The molecule has 3 N–H and O–H groups in total. The highest BCUT2D eigenvalue weighted by Gasteiger charge is 2.04. The molecule has 20 heavy (non-hydrogen) atoms. The van der Waals surface area contributed by atoms with Gasteiger partial charge in [0, 0.05) is 24.2 Å². The molecule has 0 amide bonds. The maximum atomic E-state index is 5.84. The van der Waals surface area contributed by atoms with Crippen molar-refractivity contribution in [1.82, 2.24) is 15.0 Å². The SMILES string of the molecule is Nc1nc(Cl)cc(NCc2cccc3cccnc23)n1. The number of fused-ring (bicyclic) bond motifs is 1. The van der Waals surface area contributed by atoms with Gasteiger partial charge >= 0.3 is 0 Å². The number of para-hydroxylation sites is 1. The van der Waals surface area contributed by atoms with Crippen molar-refractivity contribution in [3.8, 4) is 0 Å². The third-order valence-electron chi connectivity index (χ3n) is 2.89. The van der Waals surface area contributed by atoms with Gasteiger partial charge in [-0.2, -0.15) is 4.98 Å². The van der Waals surface area contributed by atoms with Crippen LogP contribution in [0.1, 0.15) is 5.56 Å². The van der Waals surface area contributed by atoms with E-state index in [0.29, 0.717) is 17.5 Å². The summed E-state index contributed by atoms with van der Waals surface area (Å²) < 4.78 is 0. The molecule has 0 saturated heterocycles. The highest BCUT2D eigenvalue weighted by atomic mass is 35.5. The average molecular weight is 286 g/mol. The molecule has 5 nitrogen and oxygen atoms in total. The van der Waals surface area contributed by atoms with Crippen LogP contribution >= 0.6 is 11.6 Å². The lowest BCUT2D eigenvalue weighted by atomic mass is 10.1. The number of benzene rings is 1. The fraction of sp³-hybridized carbons (Fsp3) is 0.0714. The van der Waals surface area contributed by atoms with Gasteiger partial charge in [0.15, 0.2) is 0 Å². The van der Waals surface area contributed by atoms with Crippen LogP contribution < -0.4 is 11.1 Å². The van der Waals surface area contributed by atoms with Crippen LogP contribution in [0.25, 0.3) is 10.9 Å². The number of nitrogens with one attached hydrogen (secondary N) is 1. The van der Waals surface area contributed by atoms with E-state index in [1.54, 1.807) is 12.3 Å². The molecule has 0 spiro atoms. The maximum absolute atomic E-state index is 5.84. The van der Waals surface area contributed by atoms with E-state index in [2.05, 4.69) is 20.3 Å². The predicted octanol–water partition coefficient (Wildman–Crippen LogP) is 2.87. The Morgan fingerprint density at radius 2 is 2.00 bits per heavy atom. The maximum Gasteiger partial charge on any atom is 0.223 e. The summed E-state index contributed by atoms with van der Waals surface area (Å²) in [6.07, 6.45) is 1.78. The second-order valence-corrected chi connectivity index (χ2v) is 4.67. The van der Waals surface area contributed by atoms with Gasteiger partial charge in [-0.3, -0.25) is 4.98 Å². The van der Waals surface area contributed by atoms with Gasteiger partial charge < -0.3 is 11.1 Å². The molecular formula is C14H12ClN5. The molecule has 3 rings (SSSR count). The second-order valence-electron chi connectivity index (χ2n) is 4.28. The number of nitrogens with two attached hydrogens (primary N) is 1. The van der Waals surface area contributed by atoms with Crippen molar-refractivity contribution >= 4 is 34.3 Å². The topological polar surface area (TPSA) is 76.7 Å². The van der Waals surface area contributed by atoms with Crippen LogP contribution in [0.3, 0.4) is 0 Å². The minimum absolute atomic E-state index is 0.149. The first-order chi connectivity index (χ1) is 9.72. The summed E-state index contributed by atoms with van der Waals surface area (Å²) in [6, 6.07) is 11.6. The normalized spacial score (nSPS) is 10.7. The Bertz CT molecular complexity index is 734. The zero-order valence-electron chi connectivity index (χ0n) is 10.5. The Labute approximate surface area is 120 Å². The van der Waals surface area contributed by atoms with Crippen LogP contribution in [0.5, 0.6) is 0 Å². The van der Waals surface area contributed by atoms with Crippen molar-refractivity contribution in [3.63, 3.8) is 0 Å². The summed E-state index contributed by atoms with van der Waals surface area (Å²) in [5.41, 5.74) is 7.61. The molecule has 0 fully saturated rings. The number of halogens is 1. The Kier molecular flexibility index (Phi) is 3.35. The highest BCUT2D eigenvalue weighted by molar-refractivity contribution is 6.29. The molecule has 2 aromatic heterocycles. The zero-order chi connectivity index (χ0) is 13.9. The number of rotatable bonds is 3. The van der Waals surface area contributed by atoms with Crippen LogP contribution in [0.15, 0.2) is 42.6 Å². The van der Waals surface area contributed by atoms with Crippen LogP contribution in [-0.4, -0.2) is 15.0 Å². The van der Waals surface area contributed by atoms with E-state index in [0.717, 1.165) is 16.5 Å². The van der Waals surface area contributed by atoms with Gasteiger partial charge in [-0.1, -0.05) is 35.9 Å². The van der Waals surface area contributed by atoms with E-state index in [9.17, 15) is 0 Å². The largest absolute Gasteiger partial charge is 0.368 e. The third kappa shape index (κ3) is 2.62. The summed E-state index contributed by atoms with van der Waals surface area (Å²) in [5.74, 6) is 0.742. The van der Waals surface area contributed by atoms with E-state index in [-0.39, 0.29) is 5.95 Å². The summed E-state index contributed by atoms with van der Waals surface area (Å²) in [6.45, 7) is 0.584. The van der Waals surface area contributed by atoms with Crippen LogP contribution in [0.4, 0.5) is 11.8 Å². The first-order valence-corrected chi connectivity index (χ1v) is 6.47. The molecule has 100 valence electrons. The van der Waals surface area contributed by atoms with Gasteiger partial charge in [0.1, 0.15) is 11.0 Å². The number of nitrogens with zero attached hydrogens (tertiary/aromatic N) is 3. The molecule has 1 aromatic carbocycles. The molecule has 0 radical (unpaired) electrons. The quantitative estimate of drug-likeness (QED) is 0.724. The summed E-state index contributed by atoms with van der Waals surface area (Å²) >= 11 is 5.84. The lowest BCUT2D eigenvalue weighted by molar-refractivity contribution is 1.09. The fourth-order valence-corrected chi connectivity index (χ4v) is 2.21. The number of hydrogen-bond acceptors (Lipinski definition) is 5. The average Bonchev–Trinajstić information content (AvgIpc) is 2.44. The molecule has 0 saturated carbocycles. The van der Waals surface area contributed by atoms with Crippen LogP contribution in [0.2, 0.25) is 5.15 Å². The summed E-state index contributed by atoms with van der Waals surface area (Å²) in [7, 11) is 0. The van der Waals surface area contributed by atoms with Crippen LogP contribution in [0, 0.1) is 0 Å². The van der Waals surface area contributed by atoms with Crippen LogP contribution in [-0.2, 0) is 6.54 Å².